The Morgan fingerprint density at radius 1 is 1.29 bits per heavy atom. The first-order valence-electron chi connectivity index (χ1n) is 9.51. The maximum absolute atomic E-state index is 13.5. The average Bonchev–Trinajstić information content (AvgIpc) is 3.19. The third-order valence-electron chi connectivity index (χ3n) is 6.02. The molecular formula is C20H26FNO5S. The van der Waals surface area contributed by atoms with Crippen molar-refractivity contribution in [2.45, 2.75) is 54.8 Å². The van der Waals surface area contributed by atoms with Gasteiger partial charge in [-0.2, -0.15) is 0 Å². The van der Waals surface area contributed by atoms with E-state index in [1.165, 1.54) is 19.2 Å². The summed E-state index contributed by atoms with van der Waals surface area (Å²) in [6.07, 6.45) is 2.17. The van der Waals surface area contributed by atoms with Crippen molar-refractivity contribution in [3.63, 3.8) is 0 Å². The van der Waals surface area contributed by atoms with Crippen molar-refractivity contribution in [2.75, 3.05) is 20.2 Å². The number of halogens is 1. The summed E-state index contributed by atoms with van der Waals surface area (Å²) in [5.74, 6) is -1.74. The van der Waals surface area contributed by atoms with Gasteiger partial charge in [0.05, 0.1) is 22.0 Å². The van der Waals surface area contributed by atoms with Crippen LogP contribution in [0.3, 0.4) is 0 Å². The molecule has 154 valence electrons. The van der Waals surface area contributed by atoms with E-state index in [0.29, 0.717) is 55.7 Å². The van der Waals surface area contributed by atoms with Gasteiger partial charge in [-0.3, -0.25) is 13.8 Å². The fourth-order valence-electron chi connectivity index (χ4n) is 4.15. The first-order valence-corrected chi connectivity index (χ1v) is 10.7. The van der Waals surface area contributed by atoms with Gasteiger partial charge in [-0.1, -0.05) is 0 Å². The maximum Gasteiger partial charge on any atom is 0.306 e. The fourth-order valence-corrected chi connectivity index (χ4v) is 5.66. The summed E-state index contributed by atoms with van der Waals surface area (Å²) in [7, 11) is 0.166. The smallest absolute Gasteiger partial charge is 0.306 e. The molecule has 1 aromatic rings. The van der Waals surface area contributed by atoms with E-state index in [1.807, 2.05) is 0 Å². The Morgan fingerprint density at radius 3 is 2.54 bits per heavy atom. The molecule has 1 N–H and O–H groups in total. The van der Waals surface area contributed by atoms with E-state index in [1.54, 1.807) is 17.9 Å². The third-order valence-corrected chi connectivity index (χ3v) is 7.73. The summed E-state index contributed by atoms with van der Waals surface area (Å²) >= 11 is 0. The van der Waals surface area contributed by atoms with Gasteiger partial charge in [0, 0.05) is 25.1 Å². The van der Waals surface area contributed by atoms with Crippen LogP contribution in [0.25, 0.3) is 0 Å². The van der Waals surface area contributed by atoms with Crippen molar-refractivity contribution in [3.8, 4) is 0 Å². The first-order chi connectivity index (χ1) is 13.3. The Kier molecular flexibility index (Phi) is 6.19. The summed E-state index contributed by atoms with van der Waals surface area (Å²) in [6.45, 7) is 2.48. The number of carboxylic acids is 1. The molecule has 2 unspecified atom stereocenters. The summed E-state index contributed by atoms with van der Waals surface area (Å²) in [6, 6.07) is 4.45. The zero-order chi connectivity index (χ0) is 20.5. The van der Waals surface area contributed by atoms with Gasteiger partial charge < -0.3 is 14.7 Å². The van der Waals surface area contributed by atoms with E-state index in [9.17, 15) is 23.3 Å². The molecule has 2 aliphatic rings. The Bertz CT molecular complexity index is 791. The maximum atomic E-state index is 13.5. The van der Waals surface area contributed by atoms with Gasteiger partial charge in [0.1, 0.15) is 11.4 Å². The second-order valence-corrected chi connectivity index (χ2v) is 9.41. The molecule has 2 fully saturated rings. The Morgan fingerprint density at radius 2 is 1.96 bits per heavy atom. The highest BCUT2D eigenvalue weighted by Crippen LogP contribution is 2.37. The van der Waals surface area contributed by atoms with Crippen LogP contribution in [0.15, 0.2) is 23.1 Å². The Hall–Kier alpha value is -1.80. The van der Waals surface area contributed by atoms with Crippen LogP contribution in [0.1, 0.15) is 37.7 Å². The van der Waals surface area contributed by atoms with Crippen LogP contribution < -0.4 is 0 Å². The minimum absolute atomic E-state index is 0.145. The number of rotatable bonds is 5. The summed E-state index contributed by atoms with van der Waals surface area (Å²) in [4.78, 5) is 26.6. The minimum atomic E-state index is -1.33. The number of carbonyl (C=O) groups excluding carboxylic acids is 1. The van der Waals surface area contributed by atoms with Crippen LogP contribution in [-0.2, 0) is 25.1 Å². The van der Waals surface area contributed by atoms with Gasteiger partial charge in [0.15, 0.2) is 0 Å². The molecule has 0 bridgehead atoms. The summed E-state index contributed by atoms with van der Waals surface area (Å²) in [5, 5.41) is 8.97. The Labute approximate surface area is 166 Å². The third kappa shape index (κ3) is 3.98. The minimum Gasteiger partial charge on any atom is -0.481 e. The van der Waals surface area contributed by atoms with Gasteiger partial charge in [0.25, 0.3) is 5.91 Å². The normalized spacial score (nSPS) is 28.9. The SMILES string of the molecule is COC1(C(=O)N2CCC(S(=O)c3ccc(F)c(C)c3)C2)CCC(C(=O)O)CC1. The molecule has 6 nitrogen and oxygen atoms in total. The molecule has 1 saturated carbocycles. The summed E-state index contributed by atoms with van der Waals surface area (Å²) < 4.78 is 31.9. The Balaban J connectivity index is 1.67. The molecule has 1 amide bonds. The highest BCUT2D eigenvalue weighted by Gasteiger charge is 2.47. The number of likely N-dealkylation sites (tertiary alicyclic amines) is 1. The molecule has 1 aliphatic heterocycles. The lowest BCUT2D eigenvalue weighted by Crippen LogP contribution is -2.52. The molecule has 1 heterocycles. The molecule has 28 heavy (non-hydrogen) atoms. The second kappa shape index (κ2) is 8.29. The lowest BCUT2D eigenvalue weighted by Gasteiger charge is -2.39. The number of aliphatic carboxylic acids is 1. The lowest BCUT2D eigenvalue weighted by molar-refractivity contribution is -0.162. The van der Waals surface area contributed by atoms with Gasteiger partial charge >= 0.3 is 5.97 Å². The van der Waals surface area contributed by atoms with Crippen molar-refractivity contribution in [1.82, 2.24) is 4.90 Å². The van der Waals surface area contributed by atoms with Crippen molar-refractivity contribution in [2.24, 2.45) is 5.92 Å². The number of aryl methyl sites for hydroxylation is 1. The number of carbonyl (C=O) groups is 2. The summed E-state index contributed by atoms with van der Waals surface area (Å²) in [5.41, 5.74) is -0.542. The number of carboxylic acid groups (broad SMARTS) is 1. The molecule has 1 aliphatic carbocycles. The van der Waals surface area contributed by atoms with E-state index >= 15 is 0 Å². The largest absolute Gasteiger partial charge is 0.481 e. The topological polar surface area (TPSA) is 83.9 Å². The van der Waals surface area contributed by atoms with Gasteiger partial charge in [0.2, 0.25) is 0 Å². The highest BCUT2D eigenvalue weighted by atomic mass is 32.2. The predicted octanol–water partition coefficient (Wildman–Crippen LogP) is 2.50. The molecule has 0 aromatic heterocycles. The van der Waals surface area contributed by atoms with E-state index in [0.717, 1.165) is 0 Å². The number of hydrogen-bond acceptors (Lipinski definition) is 4. The van der Waals surface area contributed by atoms with E-state index < -0.39 is 28.3 Å². The van der Waals surface area contributed by atoms with E-state index in [-0.39, 0.29) is 17.0 Å². The second-order valence-electron chi connectivity index (χ2n) is 7.68. The molecule has 3 rings (SSSR count). The van der Waals surface area contributed by atoms with Crippen molar-refractivity contribution in [1.29, 1.82) is 0 Å². The predicted molar refractivity (Wildman–Crippen MR) is 102 cm³/mol. The standard InChI is InChI=1S/C20H26FNO5S/c1-13-11-15(3-4-17(13)21)28(26)16-7-10-22(12-16)19(25)20(27-2)8-5-14(6-9-20)18(23)24/h3-4,11,14,16H,5-10,12H2,1-2H3,(H,23,24). The number of hydrogen-bond donors (Lipinski definition) is 1. The van der Waals surface area contributed by atoms with Crippen LogP contribution in [0.4, 0.5) is 4.39 Å². The number of ether oxygens (including phenoxy) is 1. The fraction of sp³-hybridized carbons (Fsp3) is 0.600. The van der Waals surface area contributed by atoms with Gasteiger partial charge in [-0.15, -0.1) is 0 Å². The van der Waals surface area contributed by atoms with Crippen LogP contribution in [-0.4, -0.2) is 57.1 Å². The van der Waals surface area contributed by atoms with Crippen LogP contribution in [0.5, 0.6) is 0 Å². The molecule has 8 heteroatoms. The van der Waals surface area contributed by atoms with Gasteiger partial charge in [-0.05, 0) is 62.8 Å². The molecule has 0 radical (unpaired) electrons. The highest BCUT2D eigenvalue weighted by molar-refractivity contribution is 7.85. The van der Waals surface area contributed by atoms with E-state index in [4.69, 9.17) is 4.74 Å². The number of amides is 1. The van der Waals surface area contributed by atoms with Crippen LogP contribution >= 0.6 is 0 Å². The lowest BCUT2D eigenvalue weighted by atomic mass is 9.78. The monoisotopic (exact) mass is 411 g/mol. The number of benzene rings is 1. The van der Waals surface area contributed by atoms with Gasteiger partial charge in [-0.25, -0.2) is 4.39 Å². The molecular weight excluding hydrogens is 385 g/mol. The molecule has 1 aromatic carbocycles. The van der Waals surface area contributed by atoms with Crippen molar-refractivity contribution >= 4 is 22.7 Å². The van der Waals surface area contributed by atoms with Crippen LogP contribution in [0, 0.1) is 18.7 Å². The zero-order valence-corrected chi connectivity index (χ0v) is 17.0. The van der Waals surface area contributed by atoms with Crippen molar-refractivity contribution < 1.29 is 28.0 Å². The molecule has 0 spiro atoms. The number of nitrogens with zero attached hydrogens (tertiary/aromatic N) is 1. The first kappa shape index (κ1) is 20.9. The van der Waals surface area contributed by atoms with E-state index in [2.05, 4.69) is 0 Å². The number of methoxy groups -OCH3 is 1. The van der Waals surface area contributed by atoms with Crippen molar-refractivity contribution in [3.05, 3.63) is 29.6 Å². The quantitative estimate of drug-likeness (QED) is 0.805. The molecule has 2 atom stereocenters. The zero-order valence-electron chi connectivity index (χ0n) is 16.2. The molecule has 1 saturated heterocycles. The van der Waals surface area contributed by atoms with Crippen LogP contribution in [0.2, 0.25) is 0 Å². The average molecular weight is 411 g/mol.